The normalized spacial score (nSPS) is 18.4. The molecule has 1 heterocycles. The average Bonchev–Trinajstić information content (AvgIpc) is 2.54. The van der Waals surface area contributed by atoms with Crippen LogP contribution in [-0.2, 0) is 14.3 Å². The lowest BCUT2D eigenvalue weighted by atomic mass is 10.2. The van der Waals surface area contributed by atoms with Crippen LogP contribution < -0.4 is 0 Å². The van der Waals surface area contributed by atoms with Crippen molar-refractivity contribution in [2.45, 2.75) is 39.2 Å². The van der Waals surface area contributed by atoms with Gasteiger partial charge in [0, 0.05) is 13.0 Å². The molecule has 1 saturated heterocycles. The fraction of sp³-hybridized carbons (Fsp3) is 0.800. The van der Waals surface area contributed by atoms with Gasteiger partial charge in [-0.05, 0) is 19.8 Å². The van der Waals surface area contributed by atoms with Crippen LogP contribution in [-0.4, -0.2) is 36.0 Å². The second-order valence-electron chi connectivity index (χ2n) is 3.37. The Kier molecular flexibility index (Phi) is 3.92. The Morgan fingerprint density at radius 1 is 1.57 bits per heavy atom. The van der Waals surface area contributed by atoms with Gasteiger partial charge in [-0.3, -0.25) is 4.79 Å². The van der Waals surface area contributed by atoms with Crippen molar-refractivity contribution in [1.29, 1.82) is 0 Å². The number of carbonyl (C=O) groups is 2. The van der Waals surface area contributed by atoms with Gasteiger partial charge in [0.15, 0.2) is 0 Å². The topological polar surface area (TPSA) is 46.6 Å². The quantitative estimate of drug-likeness (QED) is 0.633. The van der Waals surface area contributed by atoms with Crippen LogP contribution >= 0.6 is 0 Å². The largest absolute Gasteiger partial charge is 0.464 e. The lowest BCUT2D eigenvalue weighted by molar-refractivity contribution is -0.153. The molecule has 1 rings (SSSR count). The molecule has 0 bridgehead atoms. The zero-order valence-electron chi connectivity index (χ0n) is 8.78. The second kappa shape index (κ2) is 4.98. The fourth-order valence-electron chi connectivity index (χ4n) is 1.75. The van der Waals surface area contributed by atoms with Gasteiger partial charge in [-0.15, -0.1) is 0 Å². The first-order valence-corrected chi connectivity index (χ1v) is 5.16. The average molecular weight is 199 g/mol. The predicted molar refractivity (Wildman–Crippen MR) is 51.7 cm³/mol. The Morgan fingerprint density at radius 2 is 2.29 bits per heavy atom. The van der Waals surface area contributed by atoms with Gasteiger partial charge in [-0.1, -0.05) is 6.92 Å². The first-order chi connectivity index (χ1) is 6.70. The third kappa shape index (κ3) is 2.25. The molecule has 0 saturated carbocycles. The van der Waals surface area contributed by atoms with E-state index >= 15 is 0 Å². The number of hydrogen-bond donors (Lipinski definition) is 0. The predicted octanol–water partition coefficient (Wildman–Crippen LogP) is 0.950. The van der Waals surface area contributed by atoms with Gasteiger partial charge in [-0.25, -0.2) is 4.79 Å². The highest BCUT2D eigenvalue weighted by Crippen LogP contribution is 2.16. The molecule has 1 aliphatic heterocycles. The standard InChI is InChI=1S/C10H17NO3/c1-3-8(10(13)14-4-2)11-7-5-6-9(11)12/h8H,3-7H2,1-2H3. The molecule has 1 atom stereocenters. The molecule has 1 amide bonds. The van der Waals surface area contributed by atoms with Crippen molar-refractivity contribution in [2.75, 3.05) is 13.2 Å². The second-order valence-corrected chi connectivity index (χ2v) is 3.37. The van der Waals surface area contributed by atoms with Gasteiger partial charge in [0.2, 0.25) is 5.91 Å². The van der Waals surface area contributed by atoms with Crippen molar-refractivity contribution in [3.63, 3.8) is 0 Å². The van der Waals surface area contributed by atoms with Gasteiger partial charge in [0.25, 0.3) is 0 Å². The van der Waals surface area contributed by atoms with Crippen molar-refractivity contribution in [3.8, 4) is 0 Å². The molecule has 0 aromatic carbocycles. The van der Waals surface area contributed by atoms with Crippen molar-refractivity contribution < 1.29 is 14.3 Å². The van der Waals surface area contributed by atoms with Crippen LogP contribution in [0.5, 0.6) is 0 Å². The van der Waals surface area contributed by atoms with E-state index in [1.54, 1.807) is 11.8 Å². The Hall–Kier alpha value is -1.06. The van der Waals surface area contributed by atoms with Crippen molar-refractivity contribution in [1.82, 2.24) is 4.90 Å². The van der Waals surface area contributed by atoms with E-state index < -0.39 is 0 Å². The number of likely N-dealkylation sites (tertiary alicyclic amines) is 1. The SMILES string of the molecule is CCOC(=O)C(CC)N1CCCC1=O. The molecule has 1 fully saturated rings. The van der Waals surface area contributed by atoms with E-state index in [4.69, 9.17) is 4.74 Å². The third-order valence-corrected chi connectivity index (χ3v) is 2.43. The maximum atomic E-state index is 11.5. The van der Waals surface area contributed by atoms with Gasteiger partial charge in [-0.2, -0.15) is 0 Å². The molecular formula is C10H17NO3. The van der Waals surface area contributed by atoms with E-state index in [2.05, 4.69) is 0 Å². The number of ether oxygens (including phenoxy) is 1. The Labute approximate surface area is 84.2 Å². The minimum absolute atomic E-state index is 0.0740. The van der Waals surface area contributed by atoms with E-state index in [-0.39, 0.29) is 17.9 Å². The molecule has 0 aromatic rings. The summed E-state index contributed by atoms with van der Waals surface area (Å²) in [6.07, 6.45) is 2.05. The van der Waals surface area contributed by atoms with Crippen LogP contribution in [0.3, 0.4) is 0 Å². The zero-order valence-corrected chi connectivity index (χ0v) is 8.78. The number of hydrogen-bond acceptors (Lipinski definition) is 3. The molecule has 1 unspecified atom stereocenters. The summed E-state index contributed by atoms with van der Waals surface area (Å²) in [5, 5.41) is 0. The monoisotopic (exact) mass is 199 g/mol. The van der Waals surface area contributed by atoms with Crippen LogP contribution in [0.15, 0.2) is 0 Å². The first-order valence-electron chi connectivity index (χ1n) is 5.16. The molecule has 4 heteroatoms. The molecule has 14 heavy (non-hydrogen) atoms. The van der Waals surface area contributed by atoms with Crippen LogP contribution in [0, 0.1) is 0 Å². The number of rotatable bonds is 4. The van der Waals surface area contributed by atoms with E-state index in [0.717, 1.165) is 6.42 Å². The lowest BCUT2D eigenvalue weighted by Crippen LogP contribution is -2.42. The molecule has 0 aromatic heterocycles. The van der Waals surface area contributed by atoms with Crippen LogP contribution in [0.2, 0.25) is 0 Å². The summed E-state index contributed by atoms with van der Waals surface area (Å²) in [5.41, 5.74) is 0. The van der Waals surface area contributed by atoms with E-state index in [1.807, 2.05) is 6.92 Å². The molecule has 1 aliphatic rings. The van der Waals surface area contributed by atoms with Crippen LogP contribution in [0.1, 0.15) is 33.1 Å². The first kappa shape index (κ1) is 11.0. The molecule has 0 N–H and O–H groups in total. The lowest BCUT2D eigenvalue weighted by Gasteiger charge is -2.24. The Balaban J connectivity index is 2.60. The molecular weight excluding hydrogens is 182 g/mol. The van der Waals surface area contributed by atoms with E-state index in [1.165, 1.54) is 0 Å². The summed E-state index contributed by atoms with van der Waals surface area (Å²) in [7, 11) is 0. The number of esters is 1. The number of amides is 1. The maximum Gasteiger partial charge on any atom is 0.328 e. The van der Waals surface area contributed by atoms with Crippen molar-refractivity contribution in [2.24, 2.45) is 0 Å². The maximum absolute atomic E-state index is 11.5. The number of nitrogens with zero attached hydrogens (tertiary/aromatic N) is 1. The minimum atomic E-state index is -0.370. The summed E-state index contributed by atoms with van der Waals surface area (Å²) in [5.74, 6) is -0.199. The highest BCUT2D eigenvalue weighted by molar-refractivity contribution is 5.85. The highest BCUT2D eigenvalue weighted by Gasteiger charge is 2.32. The molecule has 4 nitrogen and oxygen atoms in total. The van der Waals surface area contributed by atoms with Crippen LogP contribution in [0.4, 0.5) is 0 Å². The summed E-state index contributed by atoms with van der Waals surface area (Å²) in [6.45, 7) is 4.73. The molecule has 0 radical (unpaired) electrons. The Morgan fingerprint density at radius 3 is 2.71 bits per heavy atom. The fourth-order valence-corrected chi connectivity index (χ4v) is 1.75. The molecule has 0 aliphatic carbocycles. The van der Waals surface area contributed by atoms with E-state index in [0.29, 0.717) is 26.0 Å². The third-order valence-electron chi connectivity index (χ3n) is 2.43. The minimum Gasteiger partial charge on any atom is -0.464 e. The summed E-state index contributed by atoms with van der Waals surface area (Å²) >= 11 is 0. The van der Waals surface area contributed by atoms with Gasteiger partial charge < -0.3 is 9.64 Å². The summed E-state index contributed by atoms with van der Waals surface area (Å²) in [6, 6.07) is -0.370. The zero-order chi connectivity index (χ0) is 10.6. The Bertz CT molecular complexity index is 227. The summed E-state index contributed by atoms with van der Waals surface area (Å²) in [4.78, 5) is 24.5. The molecule has 80 valence electrons. The van der Waals surface area contributed by atoms with Gasteiger partial charge >= 0.3 is 5.97 Å². The smallest absolute Gasteiger partial charge is 0.328 e. The van der Waals surface area contributed by atoms with Gasteiger partial charge in [0.1, 0.15) is 6.04 Å². The number of carbonyl (C=O) groups excluding carboxylic acids is 2. The van der Waals surface area contributed by atoms with Crippen molar-refractivity contribution >= 4 is 11.9 Å². The van der Waals surface area contributed by atoms with Crippen LogP contribution in [0.25, 0.3) is 0 Å². The van der Waals surface area contributed by atoms with E-state index in [9.17, 15) is 9.59 Å². The summed E-state index contributed by atoms with van der Waals surface area (Å²) < 4.78 is 4.92. The highest BCUT2D eigenvalue weighted by atomic mass is 16.5. The molecule has 0 spiro atoms. The van der Waals surface area contributed by atoms with Crippen molar-refractivity contribution in [3.05, 3.63) is 0 Å². The van der Waals surface area contributed by atoms with Gasteiger partial charge in [0.05, 0.1) is 6.61 Å².